The van der Waals surface area contributed by atoms with Gasteiger partial charge in [-0.1, -0.05) is 43.3 Å². The lowest BCUT2D eigenvalue weighted by atomic mass is 9.85. The van der Waals surface area contributed by atoms with Gasteiger partial charge in [-0.05, 0) is 36.8 Å². The third-order valence-electron chi connectivity index (χ3n) is 6.66. The zero-order valence-corrected chi connectivity index (χ0v) is 18.4. The Morgan fingerprint density at radius 2 is 1.85 bits per heavy atom. The fourth-order valence-corrected chi connectivity index (χ4v) is 4.87. The third-order valence-corrected chi connectivity index (χ3v) is 6.66. The summed E-state index contributed by atoms with van der Waals surface area (Å²) in [5.74, 6) is -1.34. The standard InChI is InChI=1S/C27H20N2O5/c1-2-27(34-25(31)16-8-4-3-5-9-16)20-13-22-23-18(12-17-10-6-7-11-21(17)28-23)14-29(22)24(30)19(20)15-33-26(27)32/h3-13H,2,14-15H2,1H3/t27-/m0/s1. The molecule has 2 aromatic carbocycles. The summed E-state index contributed by atoms with van der Waals surface area (Å²) in [6.07, 6.45) is 0.123. The second-order valence-electron chi connectivity index (χ2n) is 8.51. The Morgan fingerprint density at radius 3 is 2.65 bits per heavy atom. The molecule has 0 fully saturated rings. The summed E-state index contributed by atoms with van der Waals surface area (Å²) in [6, 6.07) is 20.0. The first kappa shape index (κ1) is 20.4. The molecule has 1 atom stereocenters. The maximum absolute atomic E-state index is 13.5. The maximum atomic E-state index is 13.5. The van der Waals surface area contributed by atoms with Crippen molar-refractivity contribution in [2.75, 3.05) is 0 Å². The first-order valence-corrected chi connectivity index (χ1v) is 11.1. The molecule has 0 bridgehead atoms. The predicted molar refractivity (Wildman–Crippen MR) is 124 cm³/mol. The van der Waals surface area contributed by atoms with E-state index in [1.807, 2.05) is 30.3 Å². The van der Waals surface area contributed by atoms with Crippen LogP contribution in [0.2, 0.25) is 0 Å². The summed E-state index contributed by atoms with van der Waals surface area (Å²) in [7, 11) is 0. The number of nitrogens with zero attached hydrogens (tertiary/aromatic N) is 2. The van der Waals surface area contributed by atoms with E-state index in [1.165, 1.54) is 0 Å². The lowest BCUT2D eigenvalue weighted by Gasteiger charge is -2.35. The highest BCUT2D eigenvalue weighted by Crippen LogP contribution is 2.41. The average molecular weight is 452 g/mol. The van der Waals surface area contributed by atoms with E-state index in [4.69, 9.17) is 14.5 Å². The predicted octanol–water partition coefficient (Wildman–Crippen LogP) is 3.94. The van der Waals surface area contributed by atoms with Crippen LogP contribution in [0.1, 0.15) is 40.4 Å². The minimum absolute atomic E-state index is 0.123. The van der Waals surface area contributed by atoms with Crippen molar-refractivity contribution in [1.29, 1.82) is 0 Å². The SMILES string of the molecule is CC[C@@]1(OC(=O)c2ccccc2)C(=O)OCc2c1cc1n(c2=O)Cc2cc3ccccc3nc2-1. The number of pyridine rings is 2. The number of para-hydroxylation sites is 1. The smallest absolute Gasteiger partial charge is 0.355 e. The molecule has 0 radical (unpaired) electrons. The van der Waals surface area contributed by atoms with E-state index >= 15 is 0 Å². The molecule has 6 rings (SSSR count). The number of benzene rings is 2. The van der Waals surface area contributed by atoms with Gasteiger partial charge < -0.3 is 14.0 Å². The number of carbonyl (C=O) groups excluding carboxylic acids is 2. The highest BCUT2D eigenvalue weighted by Gasteiger charge is 2.50. The molecule has 7 nitrogen and oxygen atoms in total. The molecule has 4 aromatic rings. The first-order chi connectivity index (χ1) is 16.5. The highest BCUT2D eigenvalue weighted by atomic mass is 16.6. The Bertz CT molecular complexity index is 1560. The first-order valence-electron chi connectivity index (χ1n) is 11.1. The second-order valence-corrected chi connectivity index (χ2v) is 8.51. The number of rotatable bonds is 3. The summed E-state index contributed by atoms with van der Waals surface area (Å²) < 4.78 is 12.9. The number of carbonyl (C=O) groups is 2. The molecule has 0 N–H and O–H groups in total. The van der Waals surface area contributed by atoms with Crippen molar-refractivity contribution in [2.45, 2.75) is 32.1 Å². The molecule has 0 saturated carbocycles. The van der Waals surface area contributed by atoms with Crippen molar-refractivity contribution in [2.24, 2.45) is 0 Å². The topological polar surface area (TPSA) is 87.5 Å². The second kappa shape index (κ2) is 7.38. The molecule has 2 aromatic heterocycles. The van der Waals surface area contributed by atoms with Crippen LogP contribution in [0.15, 0.2) is 71.5 Å². The van der Waals surface area contributed by atoms with Gasteiger partial charge in [-0.2, -0.15) is 0 Å². The summed E-state index contributed by atoms with van der Waals surface area (Å²) in [5.41, 5.74) is 2.06. The zero-order chi connectivity index (χ0) is 23.4. The Labute approximate surface area is 194 Å². The molecule has 0 saturated heterocycles. The molecular weight excluding hydrogens is 432 g/mol. The fraction of sp³-hybridized carbons (Fsp3) is 0.185. The van der Waals surface area contributed by atoms with Gasteiger partial charge in [-0.15, -0.1) is 0 Å². The molecule has 34 heavy (non-hydrogen) atoms. The van der Waals surface area contributed by atoms with Crippen LogP contribution in [0.4, 0.5) is 0 Å². The van der Waals surface area contributed by atoms with E-state index in [2.05, 4.69) is 0 Å². The van der Waals surface area contributed by atoms with Gasteiger partial charge in [0.05, 0.1) is 34.6 Å². The van der Waals surface area contributed by atoms with Crippen LogP contribution >= 0.6 is 0 Å². The number of esters is 2. The lowest BCUT2D eigenvalue weighted by molar-refractivity contribution is -0.173. The van der Waals surface area contributed by atoms with Gasteiger partial charge in [0.2, 0.25) is 5.60 Å². The minimum atomic E-state index is -1.71. The average Bonchev–Trinajstić information content (AvgIpc) is 3.23. The van der Waals surface area contributed by atoms with Crippen LogP contribution in [0.5, 0.6) is 0 Å². The van der Waals surface area contributed by atoms with E-state index in [0.29, 0.717) is 34.6 Å². The summed E-state index contributed by atoms with van der Waals surface area (Å²) >= 11 is 0. The van der Waals surface area contributed by atoms with Gasteiger partial charge in [-0.25, -0.2) is 14.6 Å². The van der Waals surface area contributed by atoms with Crippen LogP contribution in [-0.2, 0) is 33.0 Å². The molecule has 4 heterocycles. The van der Waals surface area contributed by atoms with Gasteiger partial charge in [-0.3, -0.25) is 4.79 Å². The minimum Gasteiger partial charge on any atom is -0.457 e. The normalized spacial score (nSPS) is 18.1. The van der Waals surface area contributed by atoms with Gasteiger partial charge in [0.1, 0.15) is 6.61 Å². The monoisotopic (exact) mass is 452 g/mol. The molecule has 0 amide bonds. The zero-order valence-electron chi connectivity index (χ0n) is 18.4. The van der Waals surface area contributed by atoms with Crippen LogP contribution in [0.3, 0.4) is 0 Å². The van der Waals surface area contributed by atoms with E-state index < -0.39 is 17.5 Å². The number of ether oxygens (including phenoxy) is 2. The van der Waals surface area contributed by atoms with E-state index in [0.717, 1.165) is 16.5 Å². The Hall–Kier alpha value is -4.26. The molecule has 0 spiro atoms. The lowest BCUT2D eigenvalue weighted by Crippen LogP contribution is -2.47. The molecule has 2 aliphatic heterocycles. The van der Waals surface area contributed by atoms with Crippen molar-refractivity contribution in [1.82, 2.24) is 9.55 Å². The van der Waals surface area contributed by atoms with Gasteiger partial charge in [0, 0.05) is 16.5 Å². The Morgan fingerprint density at radius 1 is 1.09 bits per heavy atom. The van der Waals surface area contributed by atoms with Crippen molar-refractivity contribution in [3.63, 3.8) is 0 Å². The van der Waals surface area contributed by atoms with Crippen LogP contribution in [0.25, 0.3) is 22.3 Å². The number of aromatic nitrogens is 2. The molecule has 2 aliphatic rings. The van der Waals surface area contributed by atoms with E-state index in [9.17, 15) is 14.4 Å². The number of cyclic esters (lactones) is 1. The van der Waals surface area contributed by atoms with Gasteiger partial charge >= 0.3 is 11.9 Å². The molecule has 0 unspecified atom stereocenters. The largest absolute Gasteiger partial charge is 0.457 e. The molecule has 7 heteroatoms. The fourth-order valence-electron chi connectivity index (χ4n) is 4.87. The van der Waals surface area contributed by atoms with Crippen LogP contribution in [0, 0.1) is 0 Å². The van der Waals surface area contributed by atoms with E-state index in [1.54, 1.807) is 47.9 Å². The summed E-state index contributed by atoms with van der Waals surface area (Å²) in [6.45, 7) is 1.95. The molecular formula is C27H20N2O5. The third kappa shape index (κ3) is 2.83. The Kier molecular flexibility index (Phi) is 4.42. The van der Waals surface area contributed by atoms with Crippen LogP contribution in [-0.4, -0.2) is 21.5 Å². The van der Waals surface area contributed by atoms with Gasteiger partial charge in [0.25, 0.3) is 5.56 Å². The molecule has 168 valence electrons. The maximum Gasteiger partial charge on any atom is 0.355 e. The molecule has 0 aliphatic carbocycles. The number of fused-ring (bicyclic) bond motifs is 5. The quantitative estimate of drug-likeness (QED) is 0.385. The summed E-state index contributed by atoms with van der Waals surface area (Å²) in [5, 5.41) is 0.991. The summed E-state index contributed by atoms with van der Waals surface area (Å²) in [4.78, 5) is 44.4. The van der Waals surface area contributed by atoms with Crippen molar-refractivity contribution < 1.29 is 19.1 Å². The van der Waals surface area contributed by atoms with Crippen molar-refractivity contribution in [3.05, 3.63) is 99.3 Å². The number of hydrogen-bond donors (Lipinski definition) is 0. The Balaban J connectivity index is 1.54. The van der Waals surface area contributed by atoms with Crippen LogP contribution < -0.4 is 5.56 Å². The highest BCUT2D eigenvalue weighted by molar-refractivity contribution is 5.94. The van der Waals surface area contributed by atoms with E-state index in [-0.39, 0.29) is 18.6 Å². The number of hydrogen-bond acceptors (Lipinski definition) is 6. The van der Waals surface area contributed by atoms with Crippen molar-refractivity contribution in [3.8, 4) is 11.4 Å². The van der Waals surface area contributed by atoms with Crippen molar-refractivity contribution >= 4 is 22.8 Å². The van der Waals surface area contributed by atoms with Gasteiger partial charge in [0.15, 0.2) is 0 Å².